The molecule has 2 heterocycles. The van der Waals surface area contributed by atoms with Crippen LogP contribution in [-0.4, -0.2) is 49.8 Å². The Bertz CT molecular complexity index is 726. The number of amides is 2. The van der Waals surface area contributed by atoms with Crippen molar-refractivity contribution in [3.63, 3.8) is 0 Å². The van der Waals surface area contributed by atoms with E-state index in [1.807, 2.05) is 6.92 Å². The van der Waals surface area contributed by atoms with Gasteiger partial charge in [-0.15, -0.1) is 11.8 Å². The maximum absolute atomic E-state index is 12.1. The van der Waals surface area contributed by atoms with E-state index in [1.54, 1.807) is 22.9 Å². The van der Waals surface area contributed by atoms with Crippen LogP contribution in [0, 0.1) is 0 Å². The lowest BCUT2D eigenvalue weighted by Gasteiger charge is -2.32. The van der Waals surface area contributed by atoms with Gasteiger partial charge in [0, 0.05) is 12.8 Å². The van der Waals surface area contributed by atoms with Gasteiger partial charge in [-0.1, -0.05) is 0 Å². The van der Waals surface area contributed by atoms with Crippen molar-refractivity contribution in [3.05, 3.63) is 22.2 Å². The highest BCUT2D eigenvalue weighted by Gasteiger charge is 2.49. The predicted molar refractivity (Wildman–Crippen MR) is 89.5 cm³/mol. The molecule has 1 aromatic rings. The van der Waals surface area contributed by atoms with Crippen molar-refractivity contribution in [1.82, 2.24) is 10.3 Å². The quantitative estimate of drug-likeness (QED) is 0.310. The summed E-state index contributed by atoms with van der Waals surface area (Å²) in [4.78, 5) is 25.3. The summed E-state index contributed by atoms with van der Waals surface area (Å²) in [5.41, 5.74) is 2.54. The number of aromatic hydroxyl groups is 2. The lowest BCUT2D eigenvalue weighted by molar-refractivity contribution is -0.140. The van der Waals surface area contributed by atoms with Gasteiger partial charge in [0.25, 0.3) is 5.91 Å². The molecule has 0 aromatic heterocycles. The van der Waals surface area contributed by atoms with Crippen molar-refractivity contribution < 1.29 is 19.8 Å². The number of rotatable bonds is 3. The van der Waals surface area contributed by atoms with E-state index in [0.717, 1.165) is 0 Å². The number of β-lactam (4-membered cyclic amide) rings is 1. The molecule has 0 radical (unpaired) electrons. The van der Waals surface area contributed by atoms with Gasteiger partial charge in [-0.05, 0) is 35.0 Å². The molecular weight excluding hydrogens is 386 g/mol. The van der Waals surface area contributed by atoms with Crippen LogP contribution >= 0.6 is 27.7 Å². The van der Waals surface area contributed by atoms with Crippen molar-refractivity contribution in [2.75, 3.05) is 6.54 Å². The minimum absolute atomic E-state index is 0.0985. The molecule has 0 spiro atoms. The van der Waals surface area contributed by atoms with Gasteiger partial charge in [-0.3, -0.25) is 9.59 Å². The van der Waals surface area contributed by atoms with Crippen LogP contribution in [0.2, 0.25) is 0 Å². The highest BCUT2D eigenvalue weighted by Crippen LogP contribution is 2.45. The molecular formula is C14H14BrN3O4S. The Kier molecular flexibility index (Phi) is 4.01. The summed E-state index contributed by atoms with van der Waals surface area (Å²) in [6.45, 7) is 2.53. The van der Waals surface area contributed by atoms with Crippen molar-refractivity contribution in [2.24, 2.45) is 5.10 Å². The maximum Gasteiger partial charge on any atom is 0.272 e. The monoisotopic (exact) mass is 399 g/mol. The van der Waals surface area contributed by atoms with Gasteiger partial charge < -0.3 is 15.1 Å². The SMILES string of the molecule is C[C@]1(/C=N/NC(=O)c2ccc(O)c(O)c2Br)CN2C(=O)C[C@H]2S1. The lowest BCUT2D eigenvalue weighted by atomic mass is 10.1. The average Bonchev–Trinajstić information content (AvgIpc) is 2.77. The first-order chi connectivity index (χ1) is 10.8. The fraction of sp³-hybridized carbons (Fsp3) is 0.357. The number of phenols is 2. The van der Waals surface area contributed by atoms with E-state index in [2.05, 4.69) is 26.5 Å². The van der Waals surface area contributed by atoms with E-state index < -0.39 is 11.7 Å². The van der Waals surface area contributed by atoms with Crippen LogP contribution < -0.4 is 5.43 Å². The maximum atomic E-state index is 12.1. The normalized spacial score (nSPS) is 26.3. The number of carbonyl (C=O) groups is 2. The fourth-order valence-electron chi connectivity index (χ4n) is 2.50. The second-order valence-corrected chi connectivity index (χ2v) is 8.11. The van der Waals surface area contributed by atoms with Crippen molar-refractivity contribution >= 4 is 45.7 Å². The van der Waals surface area contributed by atoms with Crippen molar-refractivity contribution in [2.45, 2.75) is 23.5 Å². The van der Waals surface area contributed by atoms with E-state index in [0.29, 0.717) is 13.0 Å². The minimum atomic E-state index is -0.519. The Morgan fingerprint density at radius 2 is 2.30 bits per heavy atom. The van der Waals surface area contributed by atoms with Crippen LogP contribution in [0.1, 0.15) is 23.7 Å². The van der Waals surface area contributed by atoms with E-state index in [4.69, 9.17) is 0 Å². The van der Waals surface area contributed by atoms with Crippen molar-refractivity contribution in [3.8, 4) is 11.5 Å². The molecule has 3 rings (SSSR count). The van der Waals surface area contributed by atoms with Crippen molar-refractivity contribution in [1.29, 1.82) is 0 Å². The Hall–Kier alpha value is -1.74. The topological polar surface area (TPSA) is 102 Å². The number of carbonyl (C=O) groups excluding carboxylic acids is 2. The molecule has 23 heavy (non-hydrogen) atoms. The second kappa shape index (κ2) is 5.72. The zero-order valence-corrected chi connectivity index (χ0v) is 14.5. The van der Waals surface area contributed by atoms with Crippen LogP contribution in [0.5, 0.6) is 11.5 Å². The molecule has 122 valence electrons. The Balaban J connectivity index is 1.65. The predicted octanol–water partition coefficient (Wildman–Crippen LogP) is 1.64. The van der Waals surface area contributed by atoms with Gasteiger partial charge in [0.1, 0.15) is 0 Å². The van der Waals surface area contributed by atoms with Gasteiger partial charge in [0.05, 0.1) is 26.6 Å². The van der Waals surface area contributed by atoms with Gasteiger partial charge in [0.2, 0.25) is 5.91 Å². The third-order valence-electron chi connectivity index (χ3n) is 3.75. The average molecular weight is 400 g/mol. The molecule has 0 unspecified atom stereocenters. The Morgan fingerprint density at radius 3 is 2.96 bits per heavy atom. The molecule has 3 N–H and O–H groups in total. The standard InChI is InChI=1S/C14H14BrN3O4S/c1-14(6-18-9(20)4-10(18)23-14)5-16-17-13(22)7-2-3-8(19)12(21)11(7)15/h2-3,5,10,19,21H,4,6H2,1H3,(H,17,22)/b16-5+/t10-,14+/m1/s1. The van der Waals surface area contributed by atoms with Gasteiger partial charge in [-0.2, -0.15) is 5.10 Å². The summed E-state index contributed by atoms with van der Waals surface area (Å²) in [6, 6.07) is 2.60. The van der Waals surface area contributed by atoms with Gasteiger partial charge >= 0.3 is 0 Å². The van der Waals surface area contributed by atoms with Crippen LogP contribution in [0.15, 0.2) is 21.7 Å². The molecule has 2 saturated heterocycles. The minimum Gasteiger partial charge on any atom is -0.504 e. The summed E-state index contributed by atoms with van der Waals surface area (Å²) in [6.07, 6.45) is 2.18. The first-order valence-corrected chi connectivity index (χ1v) is 8.50. The largest absolute Gasteiger partial charge is 0.504 e. The Labute approximate surface area is 144 Å². The zero-order valence-electron chi connectivity index (χ0n) is 12.1. The number of hydrogen-bond donors (Lipinski definition) is 3. The summed E-state index contributed by atoms with van der Waals surface area (Å²) in [5.74, 6) is -1.09. The third kappa shape index (κ3) is 2.90. The number of nitrogens with one attached hydrogen (secondary N) is 1. The smallest absolute Gasteiger partial charge is 0.272 e. The highest BCUT2D eigenvalue weighted by molar-refractivity contribution is 9.10. The molecule has 9 heteroatoms. The number of fused-ring (bicyclic) bond motifs is 1. The lowest BCUT2D eigenvalue weighted by Crippen LogP contribution is -2.47. The number of benzene rings is 1. The highest BCUT2D eigenvalue weighted by atomic mass is 79.9. The van der Waals surface area contributed by atoms with Gasteiger partial charge in [0.15, 0.2) is 11.5 Å². The number of hydrazone groups is 1. The van der Waals surface area contributed by atoms with E-state index >= 15 is 0 Å². The first-order valence-electron chi connectivity index (χ1n) is 6.83. The summed E-state index contributed by atoms with van der Waals surface area (Å²) in [7, 11) is 0. The number of nitrogens with zero attached hydrogens (tertiary/aromatic N) is 2. The summed E-state index contributed by atoms with van der Waals surface area (Å²) < 4.78 is -0.236. The van der Waals surface area contributed by atoms with Crippen LogP contribution in [0.4, 0.5) is 0 Å². The molecule has 2 aliphatic heterocycles. The molecule has 2 fully saturated rings. The Morgan fingerprint density at radius 1 is 1.57 bits per heavy atom. The molecule has 0 aliphatic carbocycles. The number of thioether (sulfide) groups is 1. The van der Waals surface area contributed by atoms with Gasteiger partial charge in [-0.25, -0.2) is 5.43 Å². The number of halogens is 1. The second-order valence-electron chi connectivity index (χ2n) is 5.60. The molecule has 1 aromatic carbocycles. The van der Waals surface area contributed by atoms with E-state index in [-0.39, 0.29) is 31.8 Å². The van der Waals surface area contributed by atoms with Crippen LogP contribution in [-0.2, 0) is 4.79 Å². The molecule has 2 aliphatic rings. The molecule has 7 nitrogen and oxygen atoms in total. The molecule has 0 bridgehead atoms. The van der Waals surface area contributed by atoms with E-state index in [9.17, 15) is 19.8 Å². The fourth-order valence-corrected chi connectivity index (χ4v) is 4.50. The zero-order chi connectivity index (χ0) is 16.8. The van der Waals surface area contributed by atoms with Crippen LogP contribution in [0.25, 0.3) is 0 Å². The summed E-state index contributed by atoms with van der Waals surface area (Å²) in [5, 5.41) is 23.1. The molecule has 2 atom stereocenters. The first kappa shape index (κ1) is 16.1. The number of phenolic OH excluding ortho intramolecular Hbond substituents is 2. The summed E-state index contributed by atoms with van der Waals surface area (Å²) >= 11 is 4.70. The molecule has 2 amide bonds. The molecule has 0 saturated carbocycles. The number of hydrogen-bond acceptors (Lipinski definition) is 6. The third-order valence-corrected chi connectivity index (χ3v) is 6.02. The van der Waals surface area contributed by atoms with Crippen LogP contribution in [0.3, 0.4) is 0 Å². The van der Waals surface area contributed by atoms with E-state index in [1.165, 1.54) is 12.1 Å².